The van der Waals surface area contributed by atoms with E-state index in [2.05, 4.69) is 5.32 Å². The number of carbonyl (C=O) groups excluding carboxylic acids is 2. The van der Waals surface area contributed by atoms with Crippen LogP contribution in [0.3, 0.4) is 0 Å². The average Bonchev–Trinajstić information content (AvgIpc) is 2.49. The number of urea groups is 1. The SMILES string of the molecule is CCC(N)(CC)CN1C(=O)CNC1=O. The fraction of sp³-hybridized carbons (Fsp3) is 0.778. The van der Waals surface area contributed by atoms with Gasteiger partial charge in [-0.15, -0.1) is 0 Å². The first-order valence-corrected chi connectivity index (χ1v) is 4.89. The number of nitrogens with two attached hydrogens (primary N) is 1. The predicted octanol–water partition coefficient (Wildman–Crippen LogP) is 0.0557. The molecule has 1 rings (SSSR count). The molecule has 0 spiro atoms. The largest absolute Gasteiger partial charge is 0.329 e. The number of imide groups is 1. The van der Waals surface area contributed by atoms with Crippen molar-refractivity contribution in [2.24, 2.45) is 5.73 Å². The third-order valence-corrected chi connectivity index (χ3v) is 2.82. The molecule has 5 heteroatoms. The summed E-state index contributed by atoms with van der Waals surface area (Å²) in [6.07, 6.45) is 1.50. The molecule has 1 saturated heterocycles. The van der Waals surface area contributed by atoms with E-state index in [1.165, 1.54) is 4.90 Å². The normalized spacial score (nSPS) is 17.5. The first-order valence-electron chi connectivity index (χ1n) is 4.89. The quantitative estimate of drug-likeness (QED) is 0.628. The Bertz CT molecular complexity index is 232. The highest BCUT2D eigenvalue weighted by atomic mass is 16.2. The molecule has 1 aliphatic heterocycles. The van der Waals surface area contributed by atoms with E-state index in [0.717, 1.165) is 12.8 Å². The van der Waals surface area contributed by atoms with Gasteiger partial charge in [0.05, 0.1) is 6.54 Å². The van der Waals surface area contributed by atoms with Gasteiger partial charge in [-0.25, -0.2) is 4.79 Å². The van der Waals surface area contributed by atoms with Crippen LogP contribution >= 0.6 is 0 Å². The molecule has 14 heavy (non-hydrogen) atoms. The van der Waals surface area contributed by atoms with Gasteiger partial charge in [-0.2, -0.15) is 0 Å². The number of nitrogens with zero attached hydrogens (tertiary/aromatic N) is 1. The maximum Gasteiger partial charge on any atom is 0.324 e. The second-order valence-electron chi connectivity index (χ2n) is 3.71. The summed E-state index contributed by atoms with van der Waals surface area (Å²) in [7, 11) is 0. The number of carbonyl (C=O) groups is 2. The number of nitrogens with one attached hydrogen (secondary N) is 1. The molecule has 3 N–H and O–H groups in total. The molecule has 3 amide bonds. The van der Waals surface area contributed by atoms with E-state index in [1.807, 2.05) is 13.8 Å². The highest BCUT2D eigenvalue weighted by Crippen LogP contribution is 2.14. The van der Waals surface area contributed by atoms with E-state index in [-0.39, 0.29) is 18.5 Å². The number of rotatable bonds is 4. The van der Waals surface area contributed by atoms with E-state index in [0.29, 0.717) is 6.54 Å². The lowest BCUT2D eigenvalue weighted by Crippen LogP contribution is -2.51. The van der Waals surface area contributed by atoms with Crippen LogP contribution in [0, 0.1) is 0 Å². The molecule has 1 fully saturated rings. The lowest BCUT2D eigenvalue weighted by Gasteiger charge is -2.30. The fourth-order valence-corrected chi connectivity index (χ4v) is 1.40. The molecular formula is C9H17N3O2. The van der Waals surface area contributed by atoms with Crippen molar-refractivity contribution in [3.63, 3.8) is 0 Å². The summed E-state index contributed by atoms with van der Waals surface area (Å²) in [4.78, 5) is 23.7. The van der Waals surface area contributed by atoms with Crippen LogP contribution < -0.4 is 11.1 Å². The van der Waals surface area contributed by atoms with Gasteiger partial charge in [-0.3, -0.25) is 9.69 Å². The van der Waals surface area contributed by atoms with E-state index in [9.17, 15) is 9.59 Å². The highest BCUT2D eigenvalue weighted by molar-refractivity contribution is 6.02. The Hall–Kier alpha value is -1.10. The molecule has 1 heterocycles. The summed E-state index contributed by atoms with van der Waals surface area (Å²) in [6, 6.07) is -0.327. The van der Waals surface area contributed by atoms with E-state index in [4.69, 9.17) is 5.73 Å². The van der Waals surface area contributed by atoms with Crippen molar-refractivity contribution in [1.82, 2.24) is 10.2 Å². The van der Waals surface area contributed by atoms with Gasteiger partial charge in [-0.1, -0.05) is 13.8 Å². The second kappa shape index (κ2) is 3.96. The highest BCUT2D eigenvalue weighted by Gasteiger charge is 2.34. The second-order valence-corrected chi connectivity index (χ2v) is 3.71. The average molecular weight is 199 g/mol. The van der Waals surface area contributed by atoms with Gasteiger partial charge in [0, 0.05) is 12.1 Å². The van der Waals surface area contributed by atoms with Gasteiger partial charge in [0.1, 0.15) is 0 Å². The molecule has 0 radical (unpaired) electrons. The van der Waals surface area contributed by atoms with Gasteiger partial charge in [0.15, 0.2) is 0 Å². The molecule has 0 bridgehead atoms. The van der Waals surface area contributed by atoms with E-state index < -0.39 is 5.54 Å². The van der Waals surface area contributed by atoms with Gasteiger partial charge < -0.3 is 11.1 Å². The summed E-state index contributed by atoms with van der Waals surface area (Å²) in [5.74, 6) is -0.188. The van der Waals surface area contributed by atoms with Crippen LogP contribution in [-0.4, -0.2) is 35.5 Å². The molecule has 0 aromatic carbocycles. The summed E-state index contributed by atoms with van der Waals surface area (Å²) < 4.78 is 0. The molecule has 0 atom stereocenters. The van der Waals surface area contributed by atoms with Crippen molar-refractivity contribution in [3.8, 4) is 0 Å². The maximum atomic E-state index is 11.3. The Morgan fingerprint density at radius 3 is 2.36 bits per heavy atom. The Morgan fingerprint density at radius 1 is 1.43 bits per heavy atom. The molecule has 0 unspecified atom stereocenters. The minimum absolute atomic E-state index is 0.0995. The lowest BCUT2D eigenvalue weighted by molar-refractivity contribution is -0.125. The fourth-order valence-electron chi connectivity index (χ4n) is 1.40. The molecule has 80 valence electrons. The van der Waals surface area contributed by atoms with Crippen molar-refractivity contribution >= 4 is 11.9 Å². The smallest absolute Gasteiger partial charge is 0.324 e. The third kappa shape index (κ3) is 2.04. The zero-order valence-electron chi connectivity index (χ0n) is 8.67. The maximum absolute atomic E-state index is 11.3. The van der Waals surface area contributed by atoms with Gasteiger partial charge in [-0.05, 0) is 12.8 Å². The molecule has 1 aliphatic rings. The topological polar surface area (TPSA) is 75.4 Å². The van der Waals surface area contributed by atoms with E-state index >= 15 is 0 Å². The molecular weight excluding hydrogens is 182 g/mol. The van der Waals surface area contributed by atoms with Crippen molar-refractivity contribution in [2.75, 3.05) is 13.1 Å². The Kier molecular flexibility index (Phi) is 3.10. The molecule has 0 saturated carbocycles. The summed E-state index contributed by atoms with van der Waals surface area (Å²) in [5, 5.41) is 2.47. The summed E-state index contributed by atoms with van der Waals surface area (Å²) in [6.45, 7) is 4.33. The van der Waals surface area contributed by atoms with Gasteiger partial charge in [0.25, 0.3) is 0 Å². The summed E-state index contributed by atoms with van der Waals surface area (Å²) in [5.41, 5.74) is 5.58. The Balaban J connectivity index is 2.66. The Labute approximate surface area is 83.6 Å². The minimum Gasteiger partial charge on any atom is -0.329 e. The van der Waals surface area contributed by atoms with Crippen LogP contribution in [0.2, 0.25) is 0 Å². The Morgan fingerprint density at radius 2 is 2.00 bits per heavy atom. The van der Waals surface area contributed by atoms with Crippen LogP contribution in [0.4, 0.5) is 4.79 Å². The van der Waals surface area contributed by atoms with Crippen molar-refractivity contribution in [1.29, 1.82) is 0 Å². The predicted molar refractivity (Wildman–Crippen MR) is 52.6 cm³/mol. The zero-order chi connectivity index (χ0) is 10.8. The van der Waals surface area contributed by atoms with Gasteiger partial charge in [0.2, 0.25) is 5.91 Å². The van der Waals surface area contributed by atoms with E-state index in [1.54, 1.807) is 0 Å². The molecule has 0 aromatic heterocycles. The number of hydrogen-bond donors (Lipinski definition) is 2. The standard InChI is InChI=1S/C9H17N3O2/c1-3-9(10,4-2)6-12-7(13)5-11-8(12)14/h3-6,10H2,1-2H3,(H,11,14). The first kappa shape index (κ1) is 11.0. The summed E-state index contributed by atoms with van der Waals surface area (Å²) >= 11 is 0. The number of amides is 3. The van der Waals surface area contributed by atoms with Gasteiger partial charge >= 0.3 is 6.03 Å². The molecule has 0 aliphatic carbocycles. The first-order chi connectivity index (χ1) is 6.52. The molecule has 0 aromatic rings. The van der Waals surface area contributed by atoms with Crippen molar-refractivity contribution in [3.05, 3.63) is 0 Å². The van der Waals surface area contributed by atoms with Crippen LogP contribution in [0.15, 0.2) is 0 Å². The number of hydrogen-bond acceptors (Lipinski definition) is 3. The van der Waals surface area contributed by atoms with Crippen LogP contribution in [0.1, 0.15) is 26.7 Å². The molecule has 5 nitrogen and oxygen atoms in total. The lowest BCUT2D eigenvalue weighted by atomic mass is 9.94. The van der Waals surface area contributed by atoms with Crippen LogP contribution in [0.5, 0.6) is 0 Å². The zero-order valence-corrected chi connectivity index (χ0v) is 8.67. The van der Waals surface area contributed by atoms with Crippen LogP contribution in [0.25, 0.3) is 0 Å². The minimum atomic E-state index is -0.447. The van der Waals surface area contributed by atoms with Crippen molar-refractivity contribution < 1.29 is 9.59 Å². The van der Waals surface area contributed by atoms with Crippen molar-refractivity contribution in [2.45, 2.75) is 32.2 Å². The third-order valence-electron chi connectivity index (χ3n) is 2.82. The van der Waals surface area contributed by atoms with Crippen LogP contribution in [-0.2, 0) is 4.79 Å². The monoisotopic (exact) mass is 199 g/mol.